The molecule has 7 nitrogen and oxygen atoms in total. The van der Waals surface area contributed by atoms with Gasteiger partial charge in [0.2, 0.25) is 11.9 Å². The van der Waals surface area contributed by atoms with Gasteiger partial charge >= 0.3 is 6.18 Å². The molecule has 0 aliphatic carbocycles. The average Bonchev–Trinajstić information content (AvgIpc) is 3.24. The summed E-state index contributed by atoms with van der Waals surface area (Å²) in [6.45, 7) is 2.18. The Labute approximate surface area is 199 Å². The van der Waals surface area contributed by atoms with Crippen LogP contribution in [0.4, 0.5) is 30.5 Å². The number of nitrogens with one attached hydrogen (secondary N) is 1. The second-order valence-electron chi connectivity index (χ2n) is 7.94. The lowest BCUT2D eigenvalue weighted by molar-refractivity contribution is -0.137. The molecule has 10 heteroatoms. The van der Waals surface area contributed by atoms with Gasteiger partial charge in [-0.3, -0.25) is 9.59 Å². The average molecular weight is 479 g/mol. The number of halogens is 3. The fourth-order valence-electron chi connectivity index (χ4n) is 3.59. The first-order valence-corrected chi connectivity index (χ1v) is 10.6. The topological polar surface area (TPSA) is 101 Å². The van der Waals surface area contributed by atoms with E-state index in [2.05, 4.69) is 27.1 Å². The van der Waals surface area contributed by atoms with Gasteiger partial charge in [0.05, 0.1) is 22.5 Å². The number of alkyl halides is 3. The maximum atomic E-state index is 13.3. The zero-order chi connectivity index (χ0) is 25.2. The van der Waals surface area contributed by atoms with Gasteiger partial charge in [-0.05, 0) is 49.2 Å². The molecule has 0 saturated carbocycles. The van der Waals surface area contributed by atoms with Gasteiger partial charge in [0, 0.05) is 36.5 Å². The van der Waals surface area contributed by atoms with Crippen molar-refractivity contribution in [3.8, 4) is 11.8 Å². The van der Waals surface area contributed by atoms with Crippen molar-refractivity contribution < 1.29 is 22.8 Å². The summed E-state index contributed by atoms with van der Waals surface area (Å²) in [4.78, 5) is 34.4. The lowest BCUT2D eigenvalue weighted by atomic mass is 10.0. The lowest BCUT2D eigenvalue weighted by Gasteiger charge is -2.21. The maximum Gasteiger partial charge on any atom is 0.416 e. The number of aryl methyl sites for hydroxylation is 1. The monoisotopic (exact) mass is 479 g/mol. The Hall–Kier alpha value is -4.39. The van der Waals surface area contributed by atoms with Crippen LogP contribution in [0.1, 0.15) is 45.5 Å². The van der Waals surface area contributed by atoms with E-state index in [1.165, 1.54) is 23.4 Å². The van der Waals surface area contributed by atoms with Crippen molar-refractivity contribution in [3.05, 3.63) is 76.6 Å². The van der Waals surface area contributed by atoms with Crippen LogP contribution in [0.3, 0.4) is 0 Å². The van der Waals surface area contributed by atoms with Crippen molar-refractivity contribution in [1.29, 1.82) is 0 Å². The number of hydrogen-bond acceptors (Lipinski definition) is 5. The van der Waals surface area contributed by atoms with E-state index in [1.807, 2.05) is 6.92 Å². The number of nitrogen functional groups attached to an aromatic ring is 1. The van der Waals surface area contributed by atoms with Gasteiger partial charge in [-0.25, -0.2) is 9.97 Å². The summed E-state index contributed by atoms with van der Waals surface area (Å²) in [5.41, 5.74) is 6.75. The molecule has 4 rings (SSSR count). The second kappa shape index (κ2) is 9.46. The van der Waals surface area contributed by atoms with Crippen molar-refractivity contribution in [1.82, 2.24) is 9.97 Å². The van der Waals surface area contributed by atoms with Gasteiger partial charge in [-0.2, -0.15) is 13.2 Å². The van der Waals surface area contributed by atoms with Crippen LogP contribution in [0.2, 0.25) is 0 Å². The Morgan fingerprint density at radius 3 is 2.51 bits per heavy atom. The summed E-state index contributed by atoms with van der Waals surface area (Å²) >= 11 is 0. The Morgan fingerprint density at radius 2 is 1.86 bits per heavy atom. The van der Waals surface area contributed by atoms with Crippen LogP contribution in [-0.2, 0) is 11.0 Å². The minimum atomic E-state index is -4.61. The normalized spacial score (nSPS) is 13.4. The van der Waals surface area contributed by atoms with Crippen molar-refractivity contribution in [2.45, 2.75) is 25.9 Å². The standard InChI is InChI=1S/C25H20F3N5O2/c1-15-4-6-18(11-17(15)7-5-16-13-30-24(29)31-14-16)23(35)32-20-12-19(25(26,27)28)8-9-21(20)33-10-2-3-22(33)34/h4,6,8-9,11-14H,2-3,10H2,1H3,(H,32,35)(H2,29,30,31). The Morgan fingerprint density at radius 1 is 1.11 bits per heavy atom. The fraction of sp³-hybridized carbons (Fsp3) is 0.200. The number of nitrogens with zero attached hydrogens (tertiary/aromatic N) is 3. The van der Waals surface area contributed by atoms with Crippen LogP contribution in [0, 0.1) is 18.8 Å². The second-order valence-corrected chi connectivity index (χ2v) is 7.94. The molecule has 0 unspecified atom stereocenters. The van der Waals surface area contributed by atoms with E-state index < -0.39 is 17.6 Å². The van der Waals surface area contributed by atoms with E-state index in [0.717, 1.165) is 17.7 Å². The van der Waals surface area contributed by atoms with Crippen LogP contribution in [0.5, 0.6) is 0 Å². The van der Waals surface area contributed by atoms with Crippen molar-refractivity contribution in [3.63, 3.8) is 0 Å². The van der Waals surface area contributed by atoms with Gasteiger partial charge in [0.25, 0.3) is 5.91 Å². The van der Waals surface area contributed by atoms with Crippen molar-refractivity contribution >= 4 is 29.1 Å². The number of aromatic nitrogens is 2. The molecule has 1 aliphatic rings. The summed E-state index contributed by atoms with van der Waals surface area (Å²) in [6, 6.07) is 7.74. The van der Waals surface area contributed by atoms with Crippen LogP contribution in [-0.4, -0.2) is 28.3 Å². The minimum Gasteiger partial charge on any atom is -0.368 e. The molecule has 1 fully saturated rings. The lowest BCUT2D eigenvalue weighted by Crippen LogP contribution is -2.26. The predicted octanol–water partition coefficient (Wildman–Crippen LogP) is 4.16. The minimum absolute atomic E-state index is 0.0905. The smallest absolute Gasteiger partial charge is 0.368 e. The van der Waals surface area contributed by atoms with E-state index >= 15 is 0 Å². The third-order valence-electron chi connectivity index (χ3n) is 5.45. The molecule has 0 radical (unpaired) electrons. The highest BCUT2D eigenvalue weighted by atomic mass is 19.4. The van der Waals surface area contributed by atoms with Gasteiger partial charge < -0.3 is 16.0 Å². The first-order chi connectivity index (χ1) is 16.6. The predicted molar refractivity (Wildman–Crippen MR) is 125 cm³/mol. The van der Waals surface area contributed by atoms with E-state index in [-0.39, 0.29) is 28.8 Å². The van der Waals surface area contributed by atoms with E-state index in [4.69, 9.17) is 5.73 Å². The number of hydrogen-bond donors (Lipinski definition) is 2. The number of rotatable bonds is 3. The molecule has 2 amide bonds. The largest absolute Gasteiger partial charge is 0.416 e. The zero-order valence-corrected chi connectivity index (χ0v) is 18.6. The fourth-order valence-corrected chi connectivity index (χ4v) is 3.59. The number of benzene rings is 2. The van der Waals surface area contributed by atoms with Crippen molar-refractivity contribution in [2.24, 2.45) is 0 Å². The molecule has 1 saturated heterocycles. The third-order valence-corrected chi connectivity index (χ3v) is 5.45. The molecular formula is C25H20F3N5O2. The molecular weight excluding hydrogens is 459 g/mol. The van der Waals surface area contributed by atoms with Crippen LogP contribution in [0.15, 0.2) is 48.8 Å². The molecule has 0 spiro atoms. The van der Waals surface area contributed by atoms with E-state index in [9.17, 15) is 22.8 Å². The molecule has 1 aliphatic heterocycles. The molecule has 1 aromatic heterocycles. The highest BCUT2D eigenvalue weighted by Crippen LogP contribution is 2.37. The Bertz CT molecular complexity index is 1360. The van der Waals surface area contributed by atoms with Gasteiger partial charge in [0.15, 0.2) is 0 Å². The highest BCUT2D eigenvalue weighted by molar-refractivity contribution is 6.08. The first-order valence-electron chi connectivity index (χ1n) is 10.6. The zero-order valence-electron chi connectivity index (χ0n) is 18.6. The van der Waals surface area contributed by atoms with E-state index in [0.29, 0.717) is 30.5 Å². The Balaban J connectivity index is 1.65. The number of nitrogens with two attached hydrogens (primary N) is 1. The maximum absolute atomic E-state index is 13.3. The quantitative estimate of drug-likeness (QED) is 0.550. The summed E-state index contributed by atoms with van der Waals surface area (Å²) in [6.07, 6.45) is -0.780. The van der Waals surface area contributed by atoms with Crippen LogP contribution in [0.25, 0.3) is 0 Å². The van der Waals surface area contributed by atoms with Crippen molar-refractivity contribution in [2.75, 3.05) is 22.5 Å². The van der Waals surface area contributed by atoms with E-state index in [1.54, 1.807) is 18.2 Å². The molecule has 178 valence electrons. The summed E-state index contributed by atoms with van der Waals surface area (Å²) in [5.74, 6) is 5.12. The molecule has 3 aromatic rings. The molecule has 3 N–H and O–H groups in total. The van der Waals surface area contributed by atoms with Gasteiger partial charge in [-0.1, -0.05) is 17.9 Å². The third kappa shape index (κ3) is 5.41. The van der Waals surface area contributed by atoms with Crippen LogP contribution >= 0.6 is 0 Å². The molecule has 0 bridgehead atoms. The SMILES string of the molecule is Cc1ccc(C(=O)Nc2cc(C(F)(F)F)ccc2N2CCCC2=O)cc1C#Cc1cnc(N)nc1. The number of carbonyl (C=O) groups is 2. The summed E-state index contributed by atoms with van der Waals surface area (Å²) < 4.78 is 40.0. The van der Waals surface area contributed by atoms with Gasteiger partial charge in [0.1, 0.15) is 0 Å². The van der Waals surface area contributed by atoms with Gasteiger partial charge in [-0.15, -0.1) is 0 Å². The number of amides is 2. The summed E-state index contributed by atoms with van der Waals surface area (Å²) in [5, 5.41) is 2.55. The highest BCUT2D eigenvalue weighted by Gasteiger charge is 2.33. The summed E-state index contributed by atoms with van der Waals surface area (Å²) in [7, 11) is 0. The Kier molecular flexibility index (Phi) is 6.42. The molecule has 35 heavy (non-hydrogen) atoms. The van der Waals surface area contributed by atoms with Crippen LogP contribution < -0.4 is 16.0 Å². The molecule has 0 atom stereocenters. The molecule has 2 aromatic carbocycles. The first kappa shape index (κ1) is 23.8. The number of carbonyl (C=O) groups excluding carboxylic acids is 2. The molecule has 2 heterocycles. The number of anilines is 3.